The van der Waals surface area contributed by atoms with Crippen molar-refractivity contribution in [3.8, 4) is 28.1 Å². The van der Waals surface area contributed by atoms with Crippen molar-refractivity contribution in [1.29, 1.82) is 0 Å². The summed E-state index contributed by atoms with van der Waals surface area (Å²) in [6, 6.07) is 32.1. The van der Waals surface area contributed by atoms with E-state index < -0.39 is 10.2 Å². The lowest BCUT2D eigenvalue weighted by Crippen LogP contribution is -2.68. The number of fused-ring (bicyclic) bond motifs is 1. The minimum atomic E-state index is -4.94. The molecule has 3 aromatic carbocycles. The van der Waals surface area contributed by atoms with Gasteiger partial charge in [0.25, 0.3) is 0 Å². The predicted molar refractivity (Wildman–Crippen MR) is 132 cm³/mol. The number of halogens is 1. The molecule has 4 aromatic rings. The van der Waals surface area contributed by atoms with Crippen molar-refractivity contribution in [2.45, 2.75) is 19.3 Å². The van der Waals surface area contributed by atoms with Gasteiger partial charge >= 0.3 is 0 Å². The van der Waals surface area contributed by atoms with E-state index in [2.05, 4.69) is 96.6 Å². The van der Waals surface area contributed by atoms with Crippen molar-refractivity contribution >= 4 is 11.6 Å². The highest BCUT2D eigenvalue weighted by Crippen LogP contribution is 2.38. The monoisotopic (exact) mass is 517 g/mol. The van der Waals surface area contributed by atoms with Gasteiger partial charge in [-0.2, -0.15) is 4.57 Å². The summed E-state index contributed by atoms with van der Waals surface area (Å²) in [6.45, 7) is 0. The van der Waals surface area contributed by atoms with Gasteiger partial charge in [0.2, 0.25) is 11.4 Å². The number of methoxy groups -OCH3 is 1. The number of ether oxygens (including phenoxy) is 1. The molecule has 0 fully saturated rings. The second-order valence-electron chi connectivity index (χ2n) is 8.70. The molecule has 1 aliphatic carbocycles. The Morgan fingerprint density at radius 3 is 1.97 bits per heavy atom. The number of nitrogens with zero attached hydrogens (tertiary/aromatic N) is 1. The predicted octanol–water partition coefficient (Wildman–Crippen LogP) is 1.97. The Labute approximate surface area is 219 Å². The van der Waals surface area contributed by atoms with Crippen molar-refractivity contribution in [2.75, 3.05) is 7.11 Å². The van der Waals surface area contributed by atoms with E-state index in [1.807, 2.05) is 12.1 Å². The molecule has 0 aliphatic heterocycles. The Morgan fingerprint density at radius 2 is 1.35 bits per heavy atom. The summed E-state index contributed by atoms with van der Waals surface area (Å²) in [5.41, 5.74) is 10.3. The molecule has 1 aliphatic rings. The van der Waals surface area contributed by atoms with Gasteiger partial charge in [-0.3, -0.25) is 0 Å². The van der Waals surface area contributed by atoms with Crippen LogP contribution in [0.25, 0.3) is 34.0 Å². The largest absolute Gasteiger partial charge is 0.496 e. The SMILES string of the molecule is COc1ccccc1C=C1CCCc2c(-c3ccccc3)cc(-c3ccccc3)[n+](C)c21.[O-][Cl+3]([O-])([O-])[O-]. The van der Waals surface area contributed by atoms with E-state index in [0.717, 1.165) is 30.6 Å². The second-order valence-corrected chi connectivity index (χ2v) is 9.46. The fourth-order valence-corrected chi connectivity index (χ4v) is 4.88. The van der Waals surface area contributed by atoms with E-state index in [4.69, 9.17) is 23.4 Å². The smallest absolute Gasteiger partial charge is 0.213 e. The Morgan fingerprint density at radius 1 is 0.784 bits per heavy atom. The zero-order valence-corrected chi connectivity index (χ0v) is 21.5. The molecule has 1 aromatic heterocycles. The first-order chi connectivity index (χ1) is 17.8. The van der Waals surface area contributed by atoms with Crippen LogP contribution in [-0.4, -0.2) is 7.11 Å². The second kappa shape index (κ2) is 11.7. The van der Waals surface area contributed by atoms with Crippen LogP contribution in [-0.2, 0) is 13.5 Å². The van der Waals surface area contributed by atoms with E-state index in [-0.39, 0.29) is 0 Å². The third kappa shape index (κ3) is 6.63. The van der Waals surface area contributed by atoms with Gasteiger partial charge in [-0.25, -0.2) is 18.6 Å². The molecule has 190 valence electrons. The summed E-state index contributed by atoms with van der Waals surface area (Å²) in [7, 11) is -0.996. The van der Waals surface area contributed by atoms with E-state index in [0.29, 0.717) is 0 Å². The third-order valence-electron chi connectivity index (χ3n) is 6.39. The molecule has 0 bridgehead atoms. The van der Waals surface area contributed by atoms with E-state index >= 15 is 0 Å². The quantitative estimate of drug-likeness (QED) is 0.385. The van der Waals surface area contributed by atoms with E-state index in [9.17, 15) is 0 Å². The fraction of sp³-hybridized carbons (Fsp3) is 0.167. The Kier molecular flexibility index (Phi) is 8.38. The lowest BCUT2D eigenvalue weighted by molar-refractivity contribution is -2.00. The molecular weight excluding hydrogens is 490 g/mol. The first-order valence-electron chi connectivity index (χ1n) is 11.9. The maximum Gasteiger partial charge on any atom is 0.213 e. The van der Waals surface area contributed by atoms with Crippen LogP contribution in [0.3, 0.4) is 0 Å². The Bertz CT molecular complexity index is 1380. The summed E-state index contributed by atoms with van der Waals surface area (Å²) in [5.74, 6) is 0.914. The summed E-state index contributed by atoms with van der Waals surface area (Å²) in [5, 5.41) is 0. The summed E-state index contributed by atoms with van der Waals surface area (Å²) in [6.07, 6.45) is 5.62. The lowest BCUT2D eigenvalue weighted by atomic mass is 9.84. The number of benzene rings is 3. The van der Waals surface area contributed by atoms with Gasteiger partial charge in [0.1, 0.15) is 12.8 Å². The number of pyridine rings is 1. The van der Waals surface area contributed by atoms with Gasteiger partial charge in [-0.05, 0) is 54.7 Å². The van der Waals surface area contributed by atoms with E-state index in [1.54, 1.807) is 7.11 Å². The molecule has 5 rings (SSSR count). The average Bonchev–Trinajstić information content (AvgIpc) is 2.89. The van der Waals surface area contributed by atoms with Gasteiger partial charge in [-0.1, -0.05) is 66.7 Å². The highest BCUT2D eigenvalue weighted by Gasteiger charge is 2.29. The van der Waals surface area contributed by atoms with Gasteiger partial charge < -0.3 is 4.74 Å². The fourth-order valence-electron chi connectivity index (χ4n) is 4.88. The van der Waals surface area contributed by atoms with Crippen molar-refractivity contribution in [2.24, 2.45) is 7.05 Å². The van der Waals surface area contributed by atoms with Crippen molar-refractivity contribution in [3.05, 3.63) is 108 Å². The molecule has 0 radical (unpaired) electrons. The van der Waals surface area contributed by atoms with Crippen molar-refractivity contribution < 1.29 is 38.2 Å². The molecule has 0 amide bonds. The normalized spacial score (nSPS) is 13.9. The minimum Gasteiger partial charge on any atom is -0.496 e. The first kappa shape index (κ1) is 26.5. The molecule has 0 saturated heterocycles. The molecule has 1 heterocycles. The maximum atomic E-state index is 8.49. The maximum absolute atomic E-state index is 8.49. The molecule has 0 spiro atoms. The number of allylic oxidation sites excluding steroid dienone is 1. The van der Waals surface area contributed by atoms with Crippen molar-refractivity contribution in [3.63, 3.8) is 0 Å². The zero-order chi connectivity index (χ0) is 26.4. The minimum absolute atomic E-state index is 0.914. The third-order valence-corrected chi connectivity index (χ3v) is 6.39. The van der Waals surface area contributed by atoms with Crippen LogP contribution in [0.4, 0.5) is 0 Å². The Balaban J connectivity index is 0.000000586. The molecule has 0 N–H and O–H groups in total. The number of hydrogen-bond donors (Lipinski definition) is 0. The van der Waals surface area contributed by atoms with Crippen LogP contribution < -0.4 is 27.9 Å². The molecule has 0 unspecified atom stereocenters. The molecule has 0 saturated carbocycles. The van der Waals surface area contributed by atoms with Crippen molar-refractivity contribution in [1.82, 2.24) is 0 Å². The standard InChI is InChI=1S/C30H28NO.ClHO4/c1-31-28(23-14-7-4-8-15-23)21-27(22-12-5-3-6-13-22)26-18-11-17-25(30(26)31)20-24-16-9-10-19-29(24)32-2;2-1(3,4)5/h3-10,12-16,19-21H,11,17-18H2,1-2H3;(H,2,3,4,5)/q+1;/p-1. The molecular formula is C30H28ClNO5. The average molecular weight is 518 g/mol. The molecule has 37 heavy (non-hydrogen) atoms. The summed E-state index contributed by atoms with van der Waals surface area (Å²) in [4.78, 5) is 0. The topological polar surface area (TPSA) is 105 Å². The number of rotatable bonds is 4. The lowest BCUT2D eigenvalue weighted by Gasteiger charge is -2.22. The van der Waals surface area contributed by atoms with Crippen LogP contribution >= 0.6 is 0 Å². The number of hydrogen-bond acceptors (Lipinski definition) is 5. The van der Waals surface area contributed by atoms with Crippen LogP contribution in [0.15, 0.2) is 91.0 Å². The van der Waals surface area contributed by atoms with Crippen LogP contribution in [0.1, 0.15) is 29.7 Å². The van der Waals surface area contributed by atoms with E-state index in [1.165, 1.54) is 39.2 Å². The molecule has 7 heteroatoms. The molecule has 0 atom stereocenters. The summed E-state index contributed by atoms with van der Waals surface area (Å²) >= 11 is 0. The van der Waals surface area contributed by atoms with Crippen LogP contribution in [0, 0.1) is 10.2 Å². The van der Waals surface area contributed by atoms with Crippen LogP contribution in [0.5, 0.6) is 5.75 Å². The summed E-state index contributed by atoms with van der Waals surface area (Å²) < 4.78 is 42.0. The van der Waals surface area contributed by atoms with Gasteiger partial charge in [0, 0.05) is 28.3 Å². The van der Waals surface area contributed by atoms with Gasteiger partial charge in [-0.15, -0.1) is 10.2 Å². The number of aromatic nitrogens is 1. The first-order valence-corrected chi connectivity index (χ1v) is 13.1. The van der Waals surface area contributed by atoms with Gasteiger partial charge in [0.15, 0.2) is 0 Å². The zero-order valence-electron chi connectivity index (χ0n) is 20.7. The number of para-hydroxylation sites is 1. The Hall–Kier alpha value is -3.52. The van der Waals surface area contributed by atoms with Gasteiger partial charge in [0.05, 0.1) is 7.11 Å². The highest BCUT2D eigenvalue weighted by atomic mass is 35.7. The molecule has 6 nitrogen and oxygen atoms in total. The van der Waals surface area contributed by atoms with Crippen LogP contribution in [0.2, 0.25) is 0 Å². The highest BCUT2D eigenvalue weighted by molar-refractivity contribution is 5.86.